The summed E-state index contributed by atoms with van der Waals surface area (Å²) in [5.41, 5.74) is 0.940. The number of aromatic nitrogens is 4. The first kappa shape index (κ1) is 12.3. The average Bonchev–Trinajstić information content (AvgIpc) is 3.16. The fourth-order valence-corrected chi connectivity index (χ4v) is 2.34. The zero-order chi connectivity index (χ0) is 14.1. The van der Waals surface area contributed by atoms with Crippen molar-refractivity contribution in [2.24, 2.45) is 0 Å². The molecule has 0 amide bonds. The fraction of sp³-hybridized carbons (Fsp3) is 0.267. The topological polar surface area (TPSA) is 61.5 Å². The number of hydrogen-bond acceptors (Lipinski definition) is 5. The molecule has 0 radical (unpaired) electrons. The number of nitrogens with zero attached hydrogens (tertiary/aromatic N) is 4. The SMILES string of the molecule is c1cnc2nc(-c3ccc(OC4CCOC4)cc3)nn2c1. The molecular weight excluding hydrogens is 268 g/mol. The van der Waals surface area contributed by atoms with Crippen molar-refractivity contribution < 1.29 is 9.47 Å². The van der Waals surface area contributed by atoms with Crippen LogP contribution >= 0.6 is 0 Å². The van der Waals surface area contributed by atoms with Crippen molar-refractivity contribution in [2.45, 2.75) is 12.5 Å². The second-order valence-electron chi connectivity index (χ2n) is 4.93. The van der Waals surface area contributed by atoms with E-state index in [0.29, 0.717) is 18.2 Å². The van der Waals surface area contributed by atoms with E-state index >= 15 is 0 Å². The molecule has 1 aliphatic rings. The largest absolute Gasteiger partial charge is 0.488 e. The van der Waals surface area contributed by atoms with Gasteiger partial charge in [-0.25, -0.2) is 9.50 Å². The van der Waals surface area contributed by atoms with E-state index in [-0.39, 0.29) is 6.10 Å². The fourth-order valence-electron chi connectivity index (χ4n) is 2.34. The lowest BCUT2D eigenvalue weighted by Gasteiger charge is -2.11. The molecule has 1 unspecified atom stereocenters. The summed E-state index contributed by atoms with van der Waals surface area (Å²) in [5.74, 6) is 2.09. The number of benzene rings is 1. The van der Waals surface area contributed by atoms with Crippen molar-refractivity contribution in [3.05, 3.63) is 42.7 Å². The highest BCUT2D eigenvalue weighted by Gasteiger charge is 2.17. The quantitative estimate of drug-likeness (QED) is 0.735. The molecule has 6 nitrogen and oxygen atoms in total. The van der Waals surface area contributed by atoms with Gasteiger partial charge in [-0.05, 0) is 30.3 Å². The first-order chi connectivity index (χ1) is 10.4. The van der Waals surface area contributed by atoms with Crippen LogP contribution in [0.25, 0.3) is 17.2 Å². The molecule has 6 heteroatoms. The Hall–Kier alpha value is -2.47. The minimum Gasteiger partial charge on any atom is -0.488 e. The van der Waals surface area contributed by atoms with E-state index in [1.54, 1.807) is 10.7 Å². The molecule has 0 bridgehead atoms. The first-order valence-corrected chi connectivity index (χ1v) is 6.91. The zero-order valence-corrected chi connectivity index (χ0v) is 11.3. The van der Waals surface area contributed by atoms with E-state index in [4.69, 9.17) is 9.47 Å². The summed E-state index contributed by atoms with van der Waals surface area (Å²) in [4.78, 5) is 8.56. The first-order valence-electron chi connectivity index (χ1n) is 6.91. The van der Waals surface area contributed by atoms with Gasteiger partial charge in [0, 0.05) is 24.4 Å². The van der Waals surface area contributed by atoms with Crippen LogP contribution < -0.4 is 4.74 Å². The molecule has 0 aliphatic carbocycles. The van der Waals surface area contributed by atoms with Crippen LogP contribution in [0.5, 0.6) is 5.75 Å². The van der Waals surface area contributed by atoms with Crippen molar-refractivity contribution in [2.75, 3.05) is 13.2 Å². The molecule has 106 valence electrons. The Morgan fingerprint density at radius 1 is 1.24 bits per heavy atom. The Kier molecular flexibility index (Phi) is 3.01. The standard InChI is InChI=1S/C15H14N4O2/c1-7-16-15-17-14(18-19(15)8-1)11-2-4-12(5-3-11)21-13-6-9-20-10-13/h1-5,7-8,13H,6,9-10H2. The van der Waals surface area contributed by atoms with Crippen molar-refractivity contribution in [3.8, 4) is 17.1 Å². The molecule has 0 spiro atoms. The maximum atomic E-state index is 5.84. The van der Waals surface area contributed by atoms with E-state index < -0.39 is 0 Å². The Labute approximate surface area is 121 Å². The van der Waals surface area contributed by atoms with Gasteiger partial charge in [0.1, 0.15) is 11.9 Å². The highest BCUT2D eigenvalue weighted by Crippen LogP contribution is 2.22. The van der Waals surface area contributed by atoms with Gasteiger partial charge in [0.05, 0.1) is 13.2 Å². The second-order valence-corrected chi connectivity index (χ2v) is 4.93. The molecule has 1 aromatic carbocycles. The van der Waals surface area contributed by atoms with Crippen molar-refractivity contribution >= 4 is 5.78 Å². The van der Waals surface area contributed by atoms with Gasteiger partial charge in [-0.15, -0.1) is 5.10 Å². The Balaban J connectivity index is 1.57. The predicted molar refractivity (Wildman–Crippen MR) is 76.1 cm³/mol. The molecule has 0 N–H and O–H groups in total. The normalized spacial score (nSPS) is 18.2. The Morgan fingerprint density at radius 2 is 2.14 bits per heavy atom. The third kappa shape index (κ3) is 2.45. The smallest absolute Gasteiger partial charge is 0.252 e. The minimum atomic E-state index is 0.161. The molecule has 1 saturated heterocycles. The lowest BCUT2D eigenvalue weighted by Crippen LogP contribution is -2.15. The van der Waals surface area contributed by atoms with Gasteiger partial charge in [0.15, 0.2) is 5.82 Å². The van der Waals surface area contributed by atoms with Crippen LogP contribution in [0.15, 0.2) is 42.7 Å². The maximum absolute atomic E-state index is 5.84. The molecule has 3 aromatic rings. The van der Waals surface area contributed by atoms with Crippen molar-refractivity contribution in [1.29, 1.82) is 0 Å². The lowest BCUT2D eigenvalue weighted by molar-refractivity contribution is 0.141. The van der Waals surface area contributed by atoms with Gasteiger partial charge in [-0.2, -0.15) is 4.98 Å². The minimum absolute atomic E-state index is 0.161. The summed E-state index contributed by atoms with van der Waals surface area (Å²) in [6.07, 6.45) is 4.64. The predicted octanol–water partition coefficient (Wildman–Crippen LogP) is 1.96. The third-order valence-corrected chi connectivity index (χ3v) is 3.42. The summed E-state index contributed by atoms with van der Waals surface area (Å²) in [5, 5.41) is 4.40. The van der Waals surface area contributed by atoms with Gasteiger partial charge < -0.3 is 9.47 Å². The molecule has 1 aliphatic heterocycles. The molecule has 3 heterocycles. The highest BCUT2D eigenvalue weighted by atomic mass is 16.5. The Morgan fingerprint density at radius 3 is 2.90 bits per heavy atom. The van der Waals surface area contributed by atoms with E-state index in [2.05, 4.69) is 15.1 Å². The second kappa shape index (κ2) is 5.14. The highest BCUT2D eigenvalue weighted by molar-refractivity contribution is 5.57. The lowest BCUT2D eigenvalue weighted by atomic mass is 10.2. The maximum Gasteiger partial charge on any atom is 0.252 e. The molecule has 4 rings (SSSR count). The molecule has 21 heavy (non-hydrogen) atoms. The van der Waals surface area contributed by atoms with Gasteiger partial charge in [-0.3, -0.25) is 0 Å². The Bertz CT molecular complexity index is 715. The van der Waals surface area contributed by atoms with E-state index in [1.165, 1.54) is 0 Å². The summed E-state index contributed by atoms with van der Waals surface area (Å²) in [7, 11) is 0. The average molecular weight is 282 g/mol. The summed E-state index contributed by atoms with van der Waals surface area (Å²) >= 11 is 0. The summed E-state index contributed by atoms with van der Waals surface area (Å²) in [6, 6.07) is 9.62. The third-order valence-electron chi connectivity index (χ3n) is 3.42. The van der Waals surface area contributed by atoms with Crippen LogP contribution in [0.2, 0.25) is 0 Å². The number of hydrogen-bond donors (Lipinski definition) is 0. The van der Waals surface area contributed by atoms with E-state index in [1.807, 2.05) is 36.5 Å². The van der Waals surface area contributed by atoms with E-state index in [0.717, 1.165) is 24.3 Å². The van der Waals surface area contributed by atoms with Crippen LogP contribution in [-0.2, 0) is 4.74 Å². The van der Waals surface area contributed by atoms with Crippen molar-refractivity contribution in [3.63, 3.8) is 0 Å². The van der Waals surface area contributed by atoms with Gasteiger partial charge >= 0.3 is 0 Å². The molecule has 1 fully saturated rings. The zero-order valence-electron chi connectivity index (χ0n) is 11.3. The van der Waals surface area contributed by atoms with Gasteiger partial charge in [0.2, 0.25) is 0 Å². The van der Waals surface area contributed by atoms with Gasteiger partial charge in [0.25, 0.3) is 5.78 Å². The number of fused-ring (bicyclic) bond motifs is 1. The van der Waals surface area contributed by atoms with Crippen molar-refractivity contribution in [1.82, 2.24) is 19.6 Å². The summed E-state index contributed by atoms with van der Waals surface area (Å²) < 4.78 is 12.8. The van der Waals surface area contributed by atoms with Crippen LogP contribution in [0, 0.1) is 0 Å². The van der Waals surface area contributed by atoms with Crippen LogP contribution in [0.3, 0.4) is 0 Å². The number of rotatable bonds is 3. The van der Waals surface area contributed by atoms with Gasteiger partial charge in [-0.1, -0.05) is 0 Å². The van der Waals surface area contributed by atoms with Crippen LogP contribution in [0.1, 0.15) is 6.42 Å². The molecule has 0 saturated carbocycles. The van der Waals surface area contributed by atoms with Crippen LogP contribution in [0.4, 0.5) is 0 Å². The van der Waals surface area contributed by atoms with E-state index in [9.17, 15) is 0 Å². The van der Waals surface area contributed by atoms with Crippen LogP contribution in [-0.4, -0.2) is 38.9 Å². The molecular formula is C15H14N4O2. The molecule has 2 aromatic heterocycles. The monoisotopic (exact) mass is 282 g/mol. The molecule has 1 atom stereocenters. The number of ether oxygens (including phenoxy) is 2. The summed E-state index contributed by atoms with van der Waals surface area (Å²) in [6.45, 7) is 1.45.